The normalized spacial score (nSPS) is 12.5. The van der Waals surface area contributed by atoms with Gasteiger partial charge in [0, 0.05) is 55.3 Å². The van der Waals surface area contributed by atoms with E-state index in [1.165, 1.54) is 44.7 Å². The van der Waals surface area contributed by atoms with Crippen molar-refractivity contribution in [3.8, 4) is 0 Å². The van der Waals surface area contributed by atoms with Crippen molar-refractivity contribution in [1.82, 2.24) is 4.98 Å². The van der Waals surface area contributed by atoms with E-state index in [2.05, 4.69) is 70.2 Å². The molecule has 3 aromatic rings. The minimum atomic E-state index is 0. The summed E-state index contributed by atoms with van der Waals surface area (Å²) in [4.78, 5) is 16.4. The summed E-state index contributed by atoms with van der Waals surface area (Å²) in [6.07, 6.45) is 10.2. The Morgan fingerprint density at radius 2 is 1.62 bits per heavy atom. The minimum absolute atomic E-state index is 0. The van der Waals surface area contributed by atoms with Crippen LogP contribution in [0.15, 0.2) is 48.4 Å². The predicted molar refractivity (Wildman–Crippen MR) is 166 cm³/mol. The van der Waals surface area contributed by atoms with E-state index < -0.39 is 0 Å². The van der Waals surface area contributed by atoms with Crippen LogP contribution in [0.4, 0.5) is 0 Å². The molecule has 0 fully saturated rings. The second kappa shape index (κ2) is 15.4. The molecule has 0 saturated carbocycles. The van der Waals surface area contributed by atoms with E-state index in [1.54, 1.807) is 0 Å². The second-order valence-electron chi connectivity index (χ2n) is 11.4. The quantitative estimate of drug-likeness (QED) is 0.101. The summed E-state index contributed by atoms with van der Waals surface area (Å²) < 4.78 is 0. The van der Waals surface area contributed by atoms with Crippen LogP contribution in [0.1, 0.15) is 101 Å². The maximum atomic E-state index is 11.7. The standard InChI is InChI=1S/C23H22N.C13H24O2.Ir/c1-14(2)7-17-11-18-5-6-24-23-21(13-20(12-17)22(18)23)19-9-15(3)8-16(4)10-19;1-5-10(6-2)12(14)9-13(15)11(7-3)8-4;/h5-6,8-9,11-14H,7H2,1-4H3;9-11,14H,5-8H2,1-4H3;/q-1;;/b;12-9-;. The summed E-state index contributed by atoms with van der Waals surface area (Å²) in [5.74, 6) is 1.21. The fourth-order valence-electron chi connectivity index (χ4n) is 5.57. The molecule has 1 aliphatic carbocycles. The third-order valence-electron chi connectivity index (χ3n) is 7.67. The zero-order valence-corrected chi connectivity index (χ0v) is 27.9. The van der Waals surface area contributed by atoms with Gasteiger partial charge >= 0.3 is 0 Å². The largest absolute Gasteiger partial charge is 0.512 e. The van der Waals surface area contributed by atoms with Crippen LogP contribution in [0.5, 0.6) is 0 Å². The Kier molecular flexibility index (Phi) is 13.0. The average molecular weight is 717 g/mol. The third kappa shape index (κ3) is 8.24. The van der Waals surface area contributed by atoms with Crippen molar-refractivity contribution < 1.29 is 30.0 Å². The molecule has 1 N–H and O–H groups in total. The molecule has 3 nitrogen and oxygen atoms in total. The number of aromatic nitrogens is 1. The number of aryl methyl sites for hydroxylation is 2. The molecule has 1 radical (unpaired) electrons. The van der Waals surface area contributed by atoms with Crippen LogP contribution in [0.2, 0.25) is 0 Å². The number of carbonyl (C=O) groups is 1. The molecule has 4 heteroatoms. The number of hydrogen-bond donors (Lipinski definition) is 1. The zero-order chi connectivity index (χ0) is 28.7. The summed E-state index contributed by atoms with van der Waals surface area (Å²) in [7, 11) is 0. The van der Waals surface area contributed by atoms with E-state index in [0.29, 0.717) is 5.92 Å². The van der Waals surface area contributed by atoms with Gasteiger partial charge in [-0.15, -0.1) is 34.9 Å². The molecular formula is C36H46IrNO2-. The maximum Gasteiger partial charge on any atom is 0.162 e. The van der Waals surface area contributed by atoms with Gasteiger partial charge < -0.3 is 5.11 Å². The van der Waals surface area contributed by atoms with Crippen LogP contribution in [-0.2, 0) is 31.3 Å². The van der Waals surface area contributed by atoms with Crippen LogP contribution in [-0.4, -0.2) is 15.9 Å². The van der Waals surface area contributed by atoms with Gasteiger partial charge in [0.15, 0.2) is 5.78 Å². The fraction of sp³-hybridized carbons (Fsp3) is 0.444. The van der Waals surface area contributed by atoms with Crippen molar-refractivity contribution in [2.75, 3.05) is 0 Å². The number of pyridine rings is 1. The SMILES string of the molecule is CCC(CC)C(=O)/C=C(\O)C(CC)CC.Cc1[c-]c(C2=Cc3cc(CC(C)C)cc4ccnc2c34)cc(C)c1.[Ir]. The first-order valence-electron chi connectivity index (χ1n) is 14.7. The zero-order valence-electron chi connectivity index (χ0n) is 25.5. The molecule has 1 heterocycles. The Labute approximate surface area is 255 Å². The number of carbonyl (C=O) groups excluding carboxylic acids is 1. The van der Waals surface area contributed by atoms with Crippen molar-refractivity contribution in [1.29, 1.82) is 0 Å². The smallest absolute Gasteiger partial charge is 0.162 e. The van der Waals surface area contributed by atoms with E-state index >= 15 is 0 Å². The summed E-state index contributed by atoms with van der Waals surface area (Å²) in [6.45, 7) is 16.9. The van der Waals surface area contributed by atoms with E-state index in [4.69, 9.17) is 4.98 Å². The van der Waals surface area contributed by atoms with Gasteiger partial charge in [0.1, 0.15) is 0 Å². The first-order valence-corrected chi connectivity index (χ1v) is 14.7. The molecule has 0 unspecified atom stereocenters. The Morgan fingerprint density at radius 3 is 2.20 bits per heavy atom. The number of allylic oxidation sites excluding steroid dienone is 2. The van der Waals surface area contributed by atoms with E-state index in [-0.39, 0.29) is 43.5 Å². The van der Waals surface area contributed by atoms with Gasteiger partial charge in [-0.3, -0.25) is 9.78 Å². The first-order chi connectivity index (χ1) is 18.6. The van der Waals surface area contributed by atoms with Crippen molar-refractivity contribution in [3.63, 3.8) is 0 Å². The number of ketones is 1. The maximum absolute atomic E-state index is 11.7. The molecule has 0 spiro atoms. The number of benzene rings is 2. The van der Waals surface area contributed by atoms with Crippen LogP contribution >= 0.6 is 0 Å². The van der Waals surface area contributed by atoms with Gasteiger partial charge in [-0.25, -0.2) is 0 Å². The van der Waals surface area contributed by atoms with Crippen molar-refractivity contribution in [2.45, 2.75) is 87.5 Å². The molecule has 0 bridgehead atoms. The summed E-state index contributed by atoms with van der Waals surface area (Å²) in [6, 6.07) is 14.7. The van der Waals surface area contributed by atoms with Crippen molar-refractivity contribution in [3.05, 3.63) is 87.9 Å². The molecule has 217 valence electrons. The molecule has 0 atom stereocenters. The monoisotopic (exact) mass is 717 g/mol. The van der Waals surface area contributed by atoms with Gasteiger partial charge in [0.2, 0.25) is 0 Å². The molecule has 1 aromatic heterocycles. The third-order valence-corrected chi connectivity index (χ3v) is 7.67. The summed E-state index contributed by atoms with van der Waals surface area (Å²) in [5, 5.41) is 12.3. The number of hydrogen-bond acceptors (Lipinski definition) is 3. The van der Waals surface area contributed by atoms with Crippen LogP contribution in [0, 0.1) is 37.7 Å². The molecule has 0 amide bonds. The van der Waals surface area contributed by atoms with Crippen LogP contribution < -0.4 is 0 Å². The Bertz CT molecular complexity index is 1340. The fourth-order valence-corrected chi connectivity index (χ4v) is 5.57. The van der Waals surface area contributed by atoms with E-state index in [1.807, 2.05) is 33.9 Å². The number of nitrogens with zero attached hydrogens (tertiary/aromatic N) is 1. The van der Waals surface area contributed by atoms with Crippen LogP contribution in [0.25, 0.3) is 22.4 Å². The van der Waals surface area contributed by atoms with Gasteiger partial charge in [-0.1, -0.05) is 79.2 Å². The Morgan fingerprint density at radius 1 is 0.975 bits per heavy atom. The Hall–Kier alpha value is -2.55. The molecule has 0 saturated heterocycles. The summed E-state index contributed by atoms with van der Waals surface area (Å²) >= 11 is 0. The molecule has 40 heavy (non-hydrogen) atoms. The van der Waals surface area contributed by atoms with Gasteiger partial charge in [0.05, 0.1) is 5.76 Å². The Balaban J connectivity index is 0.000000307. The minimum Gasteiger partial charge on any atom is -0.512 e. The topological polar surface area (TPSA) is 50.2 Å². The molecule has 4 rings (SSSR count). The van der Waals surface area contributed by atoms with Crippen LogP contribution in [0.3, 0.4) is 0 Å². The van der Waals surface area contributed by atoms with Gasteiger partial charge in [0.25, 0.3) is 0 Å². The van der Waals surface area contributed by atoms with E-state index in [0.717, 1.165) is 43.4 Å². The molecular weight excluding hydrogens is 671 g/mol. The first kappa shape index (κ1) is 33.7. The number of aliphatic hydroxyl groups excluding tert-OH is 1. The molecule has 1 aliphatic rings. The van der Waals surface area contributed by atoms with Gasteiger partial charge in [-0.05, 0) is 60.6 Å². The van der Waals surface area contributed by atoms with Gasteiger partial charge in [-0.2, -0.15) is 0 Å². The molecule has 2 aromatic carbocycles. The second-order valence-corrected chi connectivity index (χ2v) is 11.4. The average Bonchev–Trinajstić information content (AvgIpc) is 3.25. The number of aliphatic hydroxyl groups is 1. The van der Waals surface area contributed by atoms with Crippen molar-refractivity contribution in [2.24, 2.45) is 17.8 Å². The number of rotatable bonds is 10. The van der Waals surface area contributed by atoms with Crippen molar-refractivity contribution >= 4 is 28.2 Å². The summed E-state index contributed by atoms with van der Waals surface area (Å²) in [5.41, 5.74) is 8.60. The molecule has 0 aliphatic heterocycles. The predicted octanol–water partition coefficient (Wildman–Crippen LogP) is 9.62. The van der Waals surface area contributed by atoms with E-state index in [9.17, 15) is 9.90 Å².